The van der Waals surface area contributed by atoms with E-state index in [-0.39, 0.29) is 11.8 Å². The van der Waals surface area contributed by atoms with E-state index in [0.29, 0.717) is 22.0 Å². The lowest BCUT2D eigenvalue weighted by molar-refractivity contribution is -0.126. The molecule has 0 atom stereocenters. The van der Waals surface area contributed by atoms with E-state index in [1.165, 1.54) is 0 Å². The van der Waals surface area contributed by atoms with Crippen molar-refractivity contribution in [1.29, 1.82) is 0 Å². The van der Waals surface area contributed by atoms with Crippen molar-refractivity contribution in [2.24, 2.45) is 0 Å². The van der Waals surface area contributed by atoms with E-state index in [9.17, 15) is 4.79 Å². The van der Waals surface area contributed by atoms with E-state index in [4.69, 9.17) is 0 Å². The molecule has 0 bridgehead atoms. The standard InChI is InChI=1S/C6H5Br2N3O/c7-5-6(8)10-11(9-5)3-1-4(12)2-3/h3H,1-2H2. The number of aromatic nitrogens is 3. The highest BCUT2D eigenvalue weighted by Crippen LogP contribution is 2.29. The zero-order valence-electron chi connectivity index (χ0n) is 6.00. The van der Waals surface area contributed by atoms with Gasteiger partial charge in [0.05, 0.1) is 6.04 Å². The molecule has 1 saturated carbocycles. The van der Waals surface area contributed by atoms with Gasteiger partial charge in [-0.3, -0.25) is 4.79 Å². The Labute approximate surface area is 85.6 Å². The second kappa shape index (κ2) is 2.92. The van der Waals surface area contributed by atoms with Gasteiger partial charge in [0, 0.05) is 12.8 Å². The fraction of sp³-hybridized carbons (Fsp3) is 0.500. The largest absolute Gasteiger partial charge is 0.300 e. The van der Waals surface area contributed by atoms with Gasteiger partial charge in [-0.25, -0.2) is 0 Å². The molecule has 0 amide bonds. The maximum atomic E-state index is 10.7. The summed E-state index contributed by atoms with van der Waals surface area (Å²) >= 11 is 6.45. The number of ketones is 1. The number of hydrogen-bond acceptors (Lipinski definition) is 3. The van der Waals surface area contributed by atoms with Gasteiger partial charge in [-0.1, -0.05) is 0 Å². The molecule has 1 fully saturated rings. The summed E-state index contributed by atoms with van der Waals surface area (Å²) in [5, 5.41) is 8.18. The molecular weight excluding hydrogens is 290 g/mol. The molecule has 0 unspecified atom stereocenters. The predicted molar refractivity (Wildman–Crippen MR) is 48.7 cm³/mol. The zero-order valence-corrected chi connectivity index (χ0v) is 9.17. The van der Waals surface area contributed by atoms with Crippen LogP contribution in [-0.4, -0.2) is 20.8 Å². The normalized spacial score (nSPS) is 18.0. The number of rotatable bonds is 1. The van der Waals surface area contributed by atoms with E-state index in [2.05, 4.69) is 42.1 Å². The molecule has 64 valence electrons. The monoisotopic (exact) mass is 293 g/mol. The lowest BCUT2D eigenvalue weighted by Crippen LogP contribution is -2.28. The molecule has 1 aromatic heterocycles. The lowest BCUT2D eigenvalue weighted by atomic mass is 9.92. The van der Waals surface area contributed by atoms with Crippen LogP contribution in [0.5, 0.6) is 0 Å². The van der Waals surface area contributed by atoms with Crippen molar-refractivity contribution in [3.8, 4) is 0 Å². The molecule has 0 N–H and O–H groups in total. The third kappa shape index (κ3) is 1.33. The second-order valence-electron chi connectivity index (χ2n) is 2.70. The van der Waals surface area contributed by atoms with E-state index in [1.54, 1.807) is 4.80 Å². The van der Waals surface area contributed by atoms with Crippen molar-refractivity contribution < 1.29 is 4.79 Å². The number of hydrogen-bond donors (Lipinski definition) is 0. The van der Waals surface area contributed by atoms with Crippen LogP contribution >= 0.6 is 31.9 Å². The smallest absolute Gasteiger partial charge is 0.162 e. The summed E-state index contributed by atoms with van der Waals surface area (Å²) in [6, 6.07) is 0.167. The third-order valence-corrected chi connectivity index (χ3v) is 3.40. The van der Waals surface area contributed by atoms with Gasteiger partial charge in [0.25, 0.3) is 0 Å². The highest BCUT2D eigenvalue weighted by atomic mass is 79.9. The topological polar surface area (TPSA) is 47.8 Å². The van der Waals surface area contributed by atoms with Gasteiger partial charge in [-0.05, 0) is 31.9 Å². The summed E-state index contributed by atoms with van der Waals surface area (Å²) in [6.45, 7) is 0. The first-order valence-corrected chi connectivity index (χ1v) is 5.05. The number of Topliss-reactive ketones (excluding diaryl/α,β-unsaturated/α-hetero) is 1. The van der Waals surface area contributed by atoms with Crippen molar-refractivity contribution in [2.45, 2.75) is 18.9 Å². The van der Waals surface area contributed by atoms with Gasteiger partial charge >= 0.3 is 0 Å². The van der Waals surface area contributed by atoms with Crippen LogP contribution in [-0.2, 0) is 4.79 Å². The van der Waals surface area contributed by atoms with Crippen LogP contribution < -0.4 is 0 Å². The molecule has 1 aliphatic carbocycles. The Hall–Kier alpha value is -0.230. The van der Waals surface area contributed by atoms with Crippen molar-refractivity contribution in [3.05, 3.63) is 9.21 Å². The fourth-order valence-corrected chi connectivity index (χ4v) is 1.56. The summed E-state index contributed by atoms with van der Waals surface area (Å²) in [5.41, 5.74) is 0. The minimum atomic E-state index is 0.167. The van der Waals surface area contributed by atoms with E-state index >= 15 is 0 Å². The summed E-state index contributed by atoms with van der Waals surface area (Å²) in [7, 11) is 0. The predicted octanol–water partition coefficient (Wildman–Crippen LogP) is 1.71. The van der Waals surface area contributed by atoms with Crippen LogP contribution in [0.1, 0.15) is 18.9 Å². The molecule has 1 aromatic rings. The molecule has 0 aromatic carbocycles. The third-order valence-electron chi connectivity index (χ3n) is 1.80. The van der Waals surface area contributed by atoms with Gasteiger partial charge in [-0.2, -0.15) is 4.80 Å². The Balaban J connectivity index is 2.19. The van der Waals surface area contributed by atoms with Gasteiger partial charge in [-0.15, -0.1) is 10.2 Å². The Kier molecular flexibility index (Phi) is 2.04. The molecule has 1 aliphatic rings. The van der Waals surface area contributed by atoms with Crippen LogP contribution in [0.3, 0.4) is 0 Å². The maximum absolute atomic E-state index is 10.7. The number of halogens is 2. The van der Waals surface area contributed by atoms with E-state index < -0.39 is 0 Å². The summed E-state index contributed by atoms with van der Waals surface area (Å²) < 4.78 is 1.36. The number of carbonyl (C=O) groups excluding carboxylic acids is 1. The Morgan fingerprint density at radius 1 is 1.25 bits per heavy atom. The molecule has 0 radical (unpaired) electrons. The van der Waals surface area contributed by atoms with Crippen LogP contribution in [0.25, 0.3) is 0 Å². The lowest BCUT2D eigenvalue weighted by Gasteiger charge is -2.22. The first-order chi connectivity index (χ1) is 5.66. The summed E-state index contributed by atoms with van der Waals surface area (Å²) in [4.78, 5) is 12.3. The maximum Gasteiger partial charge on any atom is 0.162 e. The average molecular weight is 295 g/mol. The van der Waals surface area contributed by atoms with E-state index in [0.717, 1.165) is 0 Å². The average Bonchev–Trinajstić information content (AvgIpc) is 2.26. The van der Waals surface area contributed by atoms with E-state index in [1.807, 2.05) is 0 Å². The van der Waals surface area contributed by atoms with Crippen molar-refractivity contribution in [3.63, 3.8) is 0 Å². The number of nitrogens with zero attached hydrogens (tertiary/aromatic N) is 3. The molecule has 1 heterocycles. The molecule has 2 rings (SSSR count). The van der Waals surface area contributed by atoms with Crippen molar-refractivity contribution >= 4 is 37.6 Å². The first kappa shape index (κ1) is 8.37. The zero-order chi connectivity index (χ0) is 8.72. The quantitative estimate of drug-likeness (QED) is 0.792. The molecule has 0 spiro atoms. The Morgan fingerprint density at radius 3 is 2.17 bits per heavy atom. The van der Waals surface area contributed by atoms with Gasteiger partial charge in [0.2, 0.25) is 0 Å². The molecule has 0 aliphatic heterocycles. The van der Waals surface area contributed by atoms with Gasteiger partial charge in [0.15, 0.2) is 9.21 Å². The molecule has 0 saturated heterocycles. The first-order valence-electron chi connectivity index (χ1n) is 3.46. The minimum Gasteiger partial charge on any atom is -0.300 e. The molecule has 6 heteroatoms. The highest BCUT2D eigenvalue weighted by Gasteiger charge is 2.30. The Morgan fingerprint density at radius 2 is 1.75 bits per heavy atom. The van der Waals surface area contributed by atoms with Crippen LogP contribution in [0.4, 0.5) is 0 Å². The van der Waals surface area contributed by atoms with Crippen molar-refractivity contribution in [1.82, 2.24) is 15.0 Å². The second-order valence-corrected chi connectivity index (χ2v) is 4.21. The number of carbonyl (C=O) groups is 1. The fourth-order valence-electron chi connectivity index (χ4n) is 1.08. The molecular formula is C6H5Br2N3O. The Bertz CT molecular complexity index is 308. The van der Waals surface area contributed by atoms with Gasteiger partial charge in [0.1, 0.15) is 5.78 Å². The summed E-state index contributed by atoms with van der Waals surface area (Å²) in [5.74, 6) is 0.282. The van der Waals surface area contributed by atoms with Crippen LogP contribution in [0, 0.1) is 0 Å². The SMILES string of the molecule is O=C1CC(n2nc(Br)c(Br)n2)C1. The van der Waals surface area contributed by atoms with Crippen LogP contribution in [0.2, 0.25) is 0 Å². The highest BCUT2D eigenvalue weighted by molar-refractivity contribution is 9.13. The molecule has 12 heavy (non-hydrogen) atoms. The summed E-state index contributed by atoms with van der Waals surface area (Å²) in [6.07, 6.45) is 1.13. The molecule has 4 nitrogen and oxygen atoms in total. The van der Waals surface area contributed by atoms with Crippen molar-refractivity contribution in [2.75, 3.05) is 0 Å². The van der Waals surface area contributed by atoms with Gasteiger partial charge < -0.3 is 0 Å². The van der Waals surface area contributed by atoms with Crippen LogP contribution in [0.15, 0.2) is 9.21 Å². The minimum absolute atomic E-state index is 0.167.